The van der Waals surface area contributed by atoms with Gasteiger partial charge >= 0.3 is 6.03 Å². The first-order chi connectivity index (χ1) is 12.0. The van der Waals surface area contributed by atoms with E-state index in [-0.39, 0.29) is 11.7 Å². The fourth-order valence-electron chi connectivity index (χ4n) is 1.93. The first kappa shape index (κ1) is 18.5. The lowest BCUT2D eigenvalue weighted by Gasteiger charge is -2.09. The number of aromatic nitrogens is 3. The first-order valence-corrected chi connectivity index (χ1v) is 8.46. The van der Waals surface area contributed by atoms with Gasteiger partial charge in [0.1, 0.15) is 6.33 Å². The fraction of sp³-hybridized carbons (Fsp3) is 0.267. The highest BCUT2D eigenvalue weighted by atomic mass is 32.2. The lowest BCUT2D eigenvalue weighted by atomic mass is 10.2. The van der Waals surface area contributed by atoms with Crippen molar-refractivity contribution in [2.45, 2.75) is 19.0 Å². The summed E-state index contributed by atoms with van der Waals surface area (Å²) in [4.78, 5) is 34.2. The van der Waals surface area contributed by atoms with Crippen LogP contribution in [-0.2, 0) is 9.59 Å². The smallest absolute Gasteiger partial charge is 0.321 e. The lowest BCUT2D eigenvalue weighted by molar-refractivity contribution is -0.117. The maximum atomic E-state index is 11.7. The zero-order valence-corrected chi connectivity index (χ0v) is 14.6. The van der Waals surface area contributed by atoms with Gasteiger partial charge in [0, 0.05) is 19.2 Å². The van der Waals surface area contributed by atoms with Gasteiger partial charge in [0.2, 0.25) is 11.8 Å². The Balaban J connectivity index is 2.04. The molecule has 3 N–H and O–H groups in total. The number of anilines is 1. The van der Waals surface area contributed by atoms with Gasteiger partial charge in [-0.25, -0.2) is 4.79 Å². The highest BCUT2D eigenvalue weighted by molar-refractivity contribution is 7.99. The van der Waals surface area contributed by atoms with Gasteiger partial charge in [0.05, 0.1) is 11.4 Å². The molecule has 0 radical (unpaired) electrons. The molecular weight excluding hydrogens is 344 g/mol. The second-order valence-electron chi connectivity index (χ2n) is 4.91. The Morgan fingerprint density at radius 2 is 2.08 bits per heavy atom. The monoisotopic (exact) mass is 362 g/mol. The predicted molar refractivity (Wildman–Crippen MR) is 93.6 cm³/mol. The minimum Gasteiger partial charge on any atom is -0.338 e. The highest BCUT2D eigenvalue weighted by Gasteiger charge is 2.12. The van der Waals surface area contributed by atoms with Crippen molar-refractivity contribution in [3.63, 3.8) is 0 Å². The SMILES string of the molecule is CCNC(=O)NC(=O)CSc1nncn1-c1cccc(NC(C)=O)c1. The van der Waals surface area contributed by atoms with Crippen LogP contribution in [-0.4, -0.2) is 44.9 Å². The third-order valence-corrected chi connectivity index (χ3v) is 3.83. The summed E-state index contributed by atoms with van der Waals surface area (Å²) in [5, 5.41) is 15.7. The van der Waals surface area contributed by atoms with E-state index in [1.807, 2.05) is 6.07 Å². The Bertz CT molecular complexity index is 776. The molecule has 0 spiro atoms. The quantitative estimate of drug-likeness (QED) is 0.664. The fourth-order valence-corrected chi connectivity index (χ4v) is 2.66. The molecule has 0 aliphatic carbocycles. The van der Waals surface area contributed by atoms with Crippen molar-refractivity contribution in [1.82, 2.24) is 25.4 Å². The van der Waals surface area contributed by atoms with Crippen molar-refractivity contribution in [1.29, 1.82) is 0 Å². The van der Waals surface area contributed by atoms with Crippen molar-refractivity contribution in [2.24, 2.45) is 0 Å². The van der Waals surface area contributed by atoms with E-state index in [0.29, 0.717) is 17.4 Å². The number of carbonyl (C=O) groups excluding carboxylic acids is 3. The number of nitrogens with one attached hydrogen (secondary N) is 3. The molecule has 0 aliphatic heterocycles. The zero-order valence-electron chi connectivity index (χ0n) is 13.8. The molecule has 1 aromatic heterocycles. The van der Waals surface area contributed by atoms with Gasteiger partial charge in [0.25, 0.3) is 0 Å². The molecule has 9 nitrogen and oxygen atoms in total. The molecule has 0 aliphatic rings. The molecular formula is C15H18N6O3S. The number of amides is 4. The molecule has 4 amide bonds. The summed E-state index contributed by atoms with van der Waals surface area (Å²) < 4.78 is 1.69. The number of hydrogen-bond acceptors (Lipinski definition) is 6. The van der Waals surface area contributed by atoms with Gasteiger partial charge in [-0.05, 0) is 25.1 Å². The van der Waals surface area contributed by atoms with Crippen LogP contribution in [0.25, 0.3) is 5.69 Å². The number of urea groups is 1. The van der Waals surface area contributed by atoms with E-state index in [0.717, 1.165) is 17.4 Å². The van der Waals surface area contributed by atoms with Crippen LogP contribution in [0.1, 0.15) is 13.8 Å². The normalized spacial score (nSPS) is 10.2. The van der Waals surface area contributed by atoms with Gasteiger partial charge in [-0.3, -0.25) is 19.5 Å². The highest BCUT2D eigenvalue weighted by Crippen LogP contribution is 2.21. The Morgan fingerprint density at radius 1 is 1.28 bits per heavy atom. The van der Waals surface area contributed by atoms with Crippen molar-refractivity contribution in [3.8, 4) is 5.69 Å². The van der Waals surface area contributed by atoms with Crippen LogP contribution < -0.4 is 16.0 Å². The summed E-state index contributed by atoms with van der Waals surface area (Å²) >= 11 is 1.15. The van der Waals surface area contributed by atoms with Gasteiger partial charge in [-0.1, -0.05) is 17.8 Å². The maximum Gasteiger partial charge on any atom is 0.321 e. The summed E-state index contributed by atoms with van der Waals surface area (Å²) in [6.45, 7) is 3.63. The topological polar surface area (TPSA) is 118 Å². The molecule has 0 saturated carbocycles. The minimum absolute atomic E-state index is 0.0151. The molecule has 2 aromatic rings. The third-order valence-electron chi connectivity index (χ3n) is 2.88. The standard InChI is InChI=1S/C15H18N6O3S/c1-3-16-14(24)19-13(23)8-25-15-20-17-9-21(15)12-6-4-5-11(7-12)18-10(2)22/h4-7,9H,3,8H2,1-2H3,(H,18,22)(H2,16,19,23,24). The lowest BCUT2D eigenvalue weighted by Crippen LogP contribution is -2.40. The number of hydrogen-bond donors (Lipinski definition) is 3. The molecule has 10 heteroatoms. The molecule has 1 aromatic carbocycles. The van der Waals surface area contributed by atoms with Crippen molar-refractivity contribution in [3.05, 3.63) is 30.6 Å². The first-order valence-electron chi connectivity index (χ1n) is 7.48. The summed E-state index contributed by atoms with van der Waals surface area (Å²) in [6.07, 6.45) is 1.51. The van der Waals surface area contributed by atoms with Gasteiger partial charge < -0.3 is 10.6 Å². The number of thioether (sulfide) groups is 1. The summed E-state index contributed by atoms with van der Waals surface area (Å²) in [5.41, 5.74) is 1.38. The second-order valence-corrected chi connectivity index (χ2v) is 5.85. The number of nitrogens with zero attached hydrogens (tertiary/aromatic N) is 3. The third kappa shape index (κ3) is 5.60. The van der Waals surface area contributed by atoms with Crippen molar-refractivity contribution >= 4 is 35.3 Å². The van der Waals surface area contributed by atoms with Crippen LogP contribution in [0.4, 0.5) is 10.5 Å². The number of rotatable bonds is 6. The zero-order chi connectivity index (χ0) is 18.2. The van der Waals surface area contributed by atoms with Crippen LogP contribution in [0.3, 0.4) is 0 Å². The number of carbonyl (C=O) groups is 3. The largest absolute Gasteiger partial charge is 0.338 e. The van der Waals surface area contributed by atoms with Crippen LogP contribution in [0.15, 0.2) is 35.7 Å². The molecule has 0 atom stereocenters. The molecule has 25 heavy (non-hydrogen) atoms. The maximum absolute atomic E-state index is 11.7. The van der Waals surface area contributed by atoms with E-state index < -0.39 is 11.9 Å². The minimum atomic E-state index is -0.530. The van der Waals surface area contributed by atoms with Crippen LogP contribution in [0.5, 0.6) is 0 Å². The molecule has 0 fully saturated rings. The van der Waals surface area contributed by atoms with Gasteiger partial charge in [0.15, 0.2) is 5.16 Å². The molecule has 0 saturated heterocycles. The van der Waals surface area contributed by atoms with Crippen LogP contribution in [0.2, 0.25) is 0 Å². The molecule has 0 unspecified atom stereocenters. The molecule has 0 bridgehead atoms. The predicted octanol–water partition coefficient (Wildman–Crippen LogP) is 1.16. The Labute approximate surface area is 148 Å². The van der Waals surface area contributed by atoms with E-state index in [9.17, 15) is 14.4 Å². The summed E-state index contributed by atoms with van der Waals surface area (Å²) in [7, 11) is 0. The van der Waals surface area contributed by atoms with Crippen LogP contribution >= 0.6 is 11.8 Å². The van der Waals surface area contributed by atoms with E-state index in [1.54, 1.807) is 29.7 Å². The number of benzene rings is 1. The van der Waals surface area contributed by atoms with Gasteiger partial charge in [-0.2, -0.15) is 0 Å². The molecule has 2 rings (SSSR count). The molecule has 1 heterocycles. The van der Waals surface area contributed by atoms with Crippen molar-refractivity contribution in [2.75, 3.05) is 17.6 Å². The number of imide groups is 1. The van der Waals surface area contributed by atoms with E-state index in [2.05, 4.69) is 26.1 Å². The Hall–Kier alpha value is -2.88. The van der Waals surface area contributed by atoms with Crippen molar-refractivity contribution < 1.29 is 14.4 Å². The Kier molecular flexibility index (Phi) is 6.52. The average molecular weight is 362 g/mol. The average Bonchev–Trinajstić information content (AvgIpc) is 3.01. The van der Waals surface area contributed by atoms with Crippen LogP contribution in [0, 0.1) is 0 Å². The molecule has 132 valence electrons. The summed E-state index contributed by atoms with van der Waals surface area (Å²) in [6, 6.07) is 6.62. The van der Waals surface area contributed by atoms with Gasteiger partial charge in [-0.15, -0.1) is 10.2 Å². The van der Waals surface area contributed by atoms with E-state index in [1.165, 1.54) is 13.3 Å². The van der Waals surface area contributed by atoms with E-state index >= 15 is 0 Å². The second kappa shape index (κ2) is 8.83. The summed E-state index contributed by atoms with van der Waals surface area (Å²) in [5.74, 6) is -0.587. The Morgan fingerprint density at radius 3 is 2.80 bits per heavy atom. The van der Waals surface area contributed by atoms with E-state index in [4.69, 9.17) is 0 Å².